The molecule has 0 radical (unpaired) electrons. The van der Waals surface area contributed by atoms with E-state index in [1.54, 1.807) is 6.07 Å². The number of alkyl halides is 1. The molecule has 7 atom stereocenters. The third kappa shape index (κ3) is 2.31. The maximum atomic E-state index is 15.4. The number of rotatable bonds is 1. The van der Waals surface area contributed by atoms with Gasteiger partial charge in [0.25, 0.3) is 0 Å². The van der Waals surface area contributed by atoms with Crippen LogP contribution in [0.1, 0.15) is 57.1 Å². The van der Waals surface area contributed by atoms with Crippen molar-refractivity contribution >= 4 is 0 Å². The van der Waals surface area contributed by atoms with E-state index in [0.29, 0.717) is 30.1 Å². The van der Waals surface area contributed by atoms with Crippen molar-refractivity contribution in [3.8, 4) is 5.75 Å². The smallest absolute Gasteiger partial charge is 0.115 e. The van der Waals surface area contributed by atoms with Gasteiger partial charge in [-0.2, -0.15) is 0 Å². The van der Waals surface area contributed by atoms with Crippen molar-refractivity contribution < 1.29 is 14.6 Å². The zero-order valence-corrected chi connectivity index (χ0v) is 14.9. The average Bonchev–Trinajstić information content (AvgIpc) is 2.79. The minimum absolute atomic E-state index is 0.0679. The number of hydrogen-bond donors (Lipinski definition) is 2. The summed E-state index contributed by atoms with van der Waals surface area (Å²) in [4.78, 5) is 0. The van der Waals surface area contributed by atoms with E-state index < -0.39 is 6.17 Å². The number of hydrogen-bond acceptors (Lipinski definition) is 2. The van der Waals surface area contributed by atoms with Crippen LogP contribution in [-0.4, -0.2) is 22.5 Å². The van der Waals surface area contributed by atoms with Gasteiger partial charge in [-0.15, -0.1) is 0 Å². The van der Waals surface area contributed by atoms with E-state index >= 15 is 4.39 Å². The molecule has 0 aromatic heterocycles. The number of phenols is 1. The summed E-state index contributed by atoms with van der Waals surface area (Å²) in [6.45, 7) is 6.67. The fourth-order valence-corrected chi connectivity index (χ4v) is 6.40. The Morgan fingerprint density at radius 2 is 2.00 bits per heavy atom. The molecule has 3 aliphatic carbocycles. The van der Waals surface area contributed by atoms with Crippen LogP contribution in [0.4, 0.5) is 4.39 Å². The van der Waals surface area contributed by atoms with Gasteiger partial charge in [0.1, 0.15) is 11.9 Å². The Hall–Kier alpha value is -1.09. The van der Waals surface area contributed by atoms with E-state index in [0.717, 1.165) is 30.4 Å². The van der Waals surface area contributed by atoms with Crippen LogP contribution in [-0.2, 0) is 6.42 Å². The molecule has 2 saturated carbocycles. The summed E-state index contributed by atoms with van der Waals surface area (Å²) in [7, 11) is 0. The van der Waals surface area contributed by atoms with Gasteiger partial charge in [-0.25, -0.2) is 4.39 Å². The van der Waals surface area contributed by atoms with Crippen molar-refractivity contribution in [1.29, 1.82) is 0 Å². The lowest BCUT2D eigenvalue weighted by Gasteiger charge is -2.54. The molecule has 0 heterocycles. The summed E-state index contributed by atoms with van der Waals surface area (Å²) in [5.41, 5.74) is 2.16. The summed E-state index contributed by atoms with van der Waals surface area (Å²) >= 11 is 0. The van der Waals surface area contributed by atoms with Crippen LogP contribution in [0.25, 0.3) is 0 Å². The zero-order valence-electron chi connectivity index (χ0n) is 14.9. The van der Waals surface area contributed by atoms with Gasteiger partial charge in [0.2, 0.25) is 0 Å². The molecular formula is C21H29FO2. The summed E-state index contributed by atoms with van der Waals surface area (Å²) < 4.78 is 15.4. The number of fused-ring (bicyclic) bond motifs is 5. The molecule has 0 unspecified atom stereocenters. The van der Waals surface area contributed by atoms with Gasteiger partial charge in [-0.3, -0.25) is 0 Å². The first-order chi connectivity index (χ1) is 11.3. The van der Waals surface area contributed by atoms with Crippen LogP contribution in [0, 0.1) is 29.1 Å². The van der Waals surface area contributed by atoms with Crippen LogP contribution in [0.3, 0.4) is 0 Å². The normalized spacial score (nSPS) is 44.1. The third-order valence-corrected chi connectivity index (χ3v) is 7.35. The fraction of sp³-hybridized carbons (Fsp3) is 0.714. The molecule has 1 aromatic carbocycles. The number of phenolic OH excluding ortho intramolecular Hbond substituents is 1. The number of benzene rings is 1. The van der Waals surface area contributed by atoms with Gasteiger partial charge < -0.3 is 10.2 Å². The Kier molecular flexibility index (Phi) is 3.72. The molecule has 0 saturated heterocycles. The molecule has 24 heavy (non-hydrogen) atoms. The highest BCUT2D eigenvalue weighted by atomic mass is 19.1. The highest BCUT2D eigenvalue weighted by Crippen LogP contribution is 2.63. The topological polar surface area (TPSA) is 40.5 Å². The highest BCUT2D eigenvalue weighted by Gasteiger charge is 2.59. The molecule has 4 rings (SSSR count). The van der Waals surface area contributed by atoms with Gasteiger partial charge in [-0.1, -0.05) is 26.8 Å². The van der Waals surface area contributed by atoms with Gasteiger partial charge in [0.05, 0.1) is 6.10 Å². The van der Waals surface area contributed by atoms with Gasteiger partial charge in [0.15, 0.2) is 0 Å². The van der Waals surface area contributed by atoms with Crippen molar-refractivity contribution in [1.82, 2.24) is 0 Å². The van der Waals surface area contributed by atoms with Crippen molar-refractivity contribution in [3.63, 3.8) is 0 Å². The first kappa shape index (κ1) is 16.4. The van der Waals surface area contributed by atoms with Crippen LogP contribution in [0.2, 0.25) is 0 Å². The molecule has 1 aromatic rings. The van der Waals surface area contributed by atoms with E-state index in [4.69, 9.17) is 0 Å². The maximum Gasteiger partial charge on any atom is 0.115 e. The molecule has 132 valence electrons. The summed E-state index contributed by atoms with van der Waals surface area (Å²) in [6.07, 6.45) is 1.90. The largest absolute Gasteiger partial charge is 0.508 e. The Balaban J connectivity index is 1.83. The first-order valence-corrected chi connectivity index (χ1v) is 9.44. The third-order valence-electron chi connectivity index (χ3n) is 7.35. The van der Waals surface area contributed by atoms with Crippen molar-refractivity contribution in [2.24, 2.45) is 29.1 Å². The maximum absolute atomic E-state index is 15.4. The fourth-order valence-electron chi connectivity index (χ4n) is 6.40. The molecule has 3 aliphatic rings. The monoisotopic (exact) mass is 332 g/mol. The minimum Gasteiger partial charge on any atom is -0.508 e. The van der Waals surface area contributed by atoms with Crippen molar-refractivity contribution in [3.05, 3.63) is 29.3 Å². The van der Waals surface area contributed by atoms with Gasteiger partial charge >= 0.3 is 0 Å². The van der Waals surface area contributed by atoms with E-state index in [1.807, 2.05) is 12.1 Å². The average molecular weight is 332 g/mol. The second-order valence-electron chi connectivity index (χ2n) is 9.17. The Morgan fingerprint density at radius 3 is 2.71 bits per heavy atom. The second kappa shape index (κ2) is 5.45. The van der Waals surface area contributed by atoms with E-state index in [9.17, 15) is 10.2 Å². The summed E-state index contributed by atoms with van der Waals surface area (Å²) in [5, 5.41) is 20.2. The highest BCUT2D eigenvalue weighted by molar-refractivity contribution is 5.41. The zero-order chi connectivity index (χ0) is 17.2. The van der Waals surface area contributed by atoms with E-state index in [-0.39, 0.29) is 23.2 Å². The van der Waals surface area contributed by atoms with Crippen LogP contribution in [0.15, 0.2) is 18.2 Å². The van der Waals surface area contributed by atoms with Crippen LogP contribution >= 0.6 is 0 Å². The predicted octanol–water partition coefficient (Wildman–Crippen LogP) is 4.44. The number of aliphatic hydroxyl groups excluding tert-OH is 1. The first-order valence-electron chi connectivity index (χ1n) is 9.44. The number of aliphatic hydroxyl groups is 1. The Bertz CT molecular complexity index is 643. The summed E-state index contributed by atoms with van der Waals surface area (Å²) in [5.74, 6) is 1.79. The van der Waals surface area contributed by atoms with Crippen molar-refractivity contribution in [2.45, 2.75) is 64.6 Å². The molecule has 0 aliphatic heterocycles. The molecule has 0 spiro atoms. The van der Waals surface area contributed by atoms with Gasteiger partial charge in [0, 0.05) is 5.92 Å². The number of aromatic hydroxyl groups is 1. The standard InChI is InChI=1S/C21H29FO2/c1-11(2)16-7-12-6-13(23)4-5-15(12)20-18(22)10-21(3)9-14(24)8-17(21)19(16)20/h4-6,11,14,16-20,23-24H,7-10H2,1-3H3/t14-,16-,17-,18-,19-,20-,21-/m0/s1. The molecule has 0 bridgehead atoms. The molecule has 2 N–H and O–H groups in total. The summed E-state index contributed by atoms with van der Waals surface area (Å²) in [6, 6.07) is 5.49. The van der Waals surface area contributed by atoms with Crippen LogP contribution in [0.5, 0.6) is 5.75 Å². The van der Waals surface area contributed by atoms with E-state index in [2.05, 4.69) is 20.8 Å². The molecule has 2 fully saturated rings. The van der Waals surface area contributed by atoms with Crippen molar-refractivity contribution in [2.75, 3.05) is 0 Å². The Morgan fingerprint density at radius 1 is 1.25 bits per heavy atom. The quantitative estimate of drug-likeness (QED) is 0.798. The second-order valence-corrected chi connectivity index (χ2v) is 9.17. The SMILES string of the molecule is CC(C)[C@@H]1Cc2cc(O)ccc2[C@@H]2[C@@H]1[C@@H]1C[C@H](O)C[C@@]1(C)C[C@@H]2F. The lowest BCUT2D eigenvalue weighted by Crippen LogP contribution is -2.50. The minimum atomic E-state index is -0.855. The number of halogens is 1. The predicted molar refractivity (Wildman–Crippen MR) is 92.7 cm³/mol. The molecule has 2 nitrogen and oxygen atoms in total. The molecule has 0 amide bonds. The Labute approximate surface area is 144 Å². The lowest BCUT2D eigenvalue weighted by atomic mass is 9.51. The van der Waals surface area contributed by atoms with Crippen LogP contribution < -0.4 is 0 Å². The van der Waals surface area contributed by atoms with E-state index in [1.165, 1.54) is 0 Å². The molecular weight excluding hydrogens is 303 g/mol. The molecule has 3 heteroatoms. The lowest BCUT2D eigenvalue weighted by molar-refractivity contribution is -0.0341. The van der Waals surface area contributed by atoms with Gasteiger partial charge in [-0.05, 0) is 78.0 Å².